The molecule has 0 aliphatic heterocycles. The Bertz CT molecular complexity index is 2060. The van der Waals surface area contributed by atoms with E-state index in [1.165, 1.54) is 0 Å². The van der Waals surface area contributed by atoms with Gasteiger partial charge in [0, 0.05) is 37.3 Å². The molecule has 0 unspecified atom stereocenters. The van der Waals surface area contributed by atoms with Gasteiger partial charge in [-0.05, 0) is 83.1 Å². The second-order valence-corrected chi connectivity index (χ2v) is 13.0. The van der Waals surface area contributed by atoms with Gasteiger partial charge in [-0.25, -0.2) is 0 Å². The molecule has 0 fully saturated rings. The Labute approximate surface area is 315 Å². The van der Waals surface area contributed by atoms with Crippen molar-refractivity contribution in [3.63, 3.8) is 0 Å². The number of carbonyl (C=O) groups excluding carboxylic acids is 2. The summed E-state index contributed by atoms with van der Waals surface area (Å²) >= 11 is 0. The average molecular weight is 728 g/mol. The number of hydrogen-bond acceptors (Lipinski definition) is 6. The lowest BCUT2D eigenvalue weighted by atomic mass is 10.1. The highest BCUT2D eigenvalue weighted by molar-refractivity contribution is 6.06. The normalized spacial score (nSPS) is 11.7. The lowest BCUT2D eigenvalue weighted by Gasteiger charge is -2.28. The Hall–Kier alpha value is -6.26. The molecular formula is C44H45N3O7. The highest BCUT2D eigenvalue weighted by Crippen LogP contribution is 2.21. The van der Waals surface area contributed by atoms with Crippen molar-refractivity contribution in [3.05, 3.63) is 150 Å². The van der Waals surface area contributed by atoms with Crippen LogP contribution in [0.5, 0.6) is 5.75 Å². The van der Waals surface area contributed by atoms with Crippen LogP contribution < -0.4 is 15.4 Å². The Balaban J connectivity index is 1.25. The van der Waals surface area contributed by atoms with Crippen LogP contribution in [0.2, 0.25) is 0 Å². The summed E-state index contributed by atoms with van der Waals surface area (Å²) in [6.07, 6.45) is 4.92. The minimum absolute atomic E-state index is 0.0962. The number of amides is 2. The van der Waals surface area contributed by atoms with Crippen molar-refractivity contribution in [1.29, 1.82) is 0 Å². The lowest BCUT2D eigenvalue weighted by Crippen LogP contribution is -2.41. The SMILES string of the molecule is O=C(O)CCC(=O)NCCCC[C@@H](C(=O)O)N(C/C=C/c1cccc(NC(=O)c2ccc3ccccc3c2)c1)Cc1cccc(OCc2ccccc2)c1. The Morgan fingerprint density at radius 1 is 0.741 bits per heavy atom. The molecule has 5 aromatic carbocycles. The molecule has 5 aromatic rings. The summed E-state index contributed by atoms with van der Waals surface area (Å²) in [5, 5.41) is 26.9. The summed E-state index contributed by atoms with van der Waals surface area (Å²) in [7, 11) is 0. The maximum atomic E-state index is 13.1. The van der Waals surface area contributed by atoms with Gasteiger partial charge >= 0.3 is 11.9 Å². The number of nitrogens with one attached hydrogen (secondary N) is 2. The summed E-state index contributed by atoms with van der Waals surface area (Å²) in [5.41, 5.74) is 3.96. The quantitative estimate of drug-likeness (QED) is 0.0595. The molecule has 0 aliphatic carbocycles. The maximum absolute atomic E-state index is 13.1. The van der Waals surface area contributed by atoms with Crippen molar-refractivity contribution in [2.24, 2.45) is 0 Å². The van der Waals surface area contributed by atoms with E-state index in [1.54, 1.807) is 6.07 Å². The molecule has 0 heterocycles. The van der Waals surface area contributed by atoms with Crippen LogP contribution in [0.1, 0.15) is 59.2 Å². The summed E-state index contributed by atoms with van der Waals surface area (Å²) in [4.78, 5) is 50.3. The minimum Gasteiger partial charge on any atom is -0.489 e. The third kappa shape index (κ3) is 12.5. The lowest BCUT2D eigenvalue weighted by molar-refractivity contribution is -0.143. The van der Waals surface area contributed by atoms with E-state index < -0.39 is 18.0 Å². The van der Waals surface area contributed by atoms with Crippen molar-refractivity contribution >= 4 is 46.3 Å². The fourth-order valence-electron chi connectivity index (χ4n) is 6.05. The van der Waals surface area contributed by atoms with Crippen molar-refractivity contribution < 1.29 is 34.1 Å². The first kappa shape index (κ1) is 39.0. The second-order valence-electron chi connectivity index (χ2n) is 13.0. The van der Waals surface area contributed by atoms with Gasteiger partial charge in [0.1, 0.15) is 18.4 Å². The number of anilines is 1. The van der Waals surface area contributed by atoms with E-state index in [-0.39, 0.29) is 24.7 Å². The summed E-state index contributed by atoms with van der Waals surface area (Å²) in [6, 6.07) is 37.6. The molecule has 1 atom stereocenters. The molecule has 2 amide bonds. The highest BCUT2D eigenvalue weighted by atomic mass is 16.5. The molecule has 5 rings (SSSR count). The van der Waals surface area contributed by atoms with Crippen LogP contribution in [0.25, 0.3) is 16.8 Å². The van der Waals surface area contributed by atoms with Crippen molar-refractivity contribution in [2.45, 2.75) is 51.3 Å². The third-order valence-corrected chi connectivity index (χ3v) is 8.86. The molecule has 10 heteroatoms. The van der Waals surface area contributed by atoms with Gasteiger partial charge in [-0.3, -0.25) is 24.1 Å². The number of rotatable bonds is 20. The van der Waals surface area contributed by atoms with Crippen molar-refractivity contribution in [1.82, 2.24) is 10.2 Å². The molecule has 278 valence electrons. The number of aliphatic carboxylic acids is 2. The van der Waals surface area contributed by atoms with Crippen LogP contribution in [-0.2, 0) is 27.5 Å². The van der Waals surface area contributed by atoms with Gasteiger partial charge in [0.2, 0.25) is 5.91 Å². The van der Waals surface area contributed by atoms with E-state index in [2.05, 4.69) is 10.6 Å². The zero-order valence-corrected chi connectivity index (χ0v) is 30.0. The largest absolute Gasteiger partial charge is 0.489 e. The van der Waals surface area contributed by atoms with Crippen LogP contribution in [0, 0.1) is 0 Å². The number of benzene rings is 5. The van der Waals surface area contributed by atoms with Gasteiger partial charge in [0.05, 0.1) is 6.42 Å². The van der Waals surface area contributed by atoms with E-state index in [4.69, 9.17) is 9.84 Å². The Kier molecular flexibility index (Phi) is 14.5. The number of unbranched alkanes of at least 4 members (excludes halogenated alkanes) is 1. The molecule has 0 radical (unpaired) electrons. The molecule has 0 aromatic heterocycles. The number of carboxylic acids is 2. The highest BCUT2D eigenvalue weighted by Gasteiger charge is 2.25. The molecule has 0 saturated heterocycles. The van der Waals surface area contributed by atoms with Crippen LogP contribution in [0.15, 0.2) is 127 Å². The first-order valence-electron chi connectivity index (χ1n) is 18.0. The van der Waals surface area contributed by atoms with Gasteiger partial charge in [0.25, 0.3) is 5.91 Å². The summed E-state index contributed by atoms with van der Waals surface area (Å²) in [6.45, 7) is 1.41. The number of fused-ring (bicyclic) bond motifs is 1. The average Bonchev–Trinajstić information content (AvgIpc) is 3.17. The molecule has 0 spiro atoms. The summed E-state index contributed by atoms with van der Waals surface area (Å²) < 4.78 is 6.04. The fourth-order valence-corrected chi connectivity index (χ4v) is 6.05. The van der Waals surface area contributed by atoms with Gasteiger partial charge in [-0.2, -0.15) is 0 Å². The zero-order chi connectivity index (χ0) is 38.1. The van der Waals surface area contributed by atoms with Crippen LogP contribution >= 0.6 is 0 Å². The Morgan fingerprint density at radius 3 is 2.30 bits per heavy atom. The molecule has 4 N–H and O–H groups in total. The molecule has 0 bridgehead atoms. The molecular weight excluding hydrogens is 682 g/mol. The molecule has 54 heavy (non-hydrogen) atoms. The number of carboxylic acid groups (broad SMARTS) is 2. The van der Waals surface area contributed by atoms with Crippen LogP contribution in [0.3, 0.4) is 0 Å². The van der Waals surface area contributed by atoms with Crippen molar-refractivity contribution in [3.8, 4) is 5.75 Å². The van der Waals surface area contributed by atoms with E-state index in [9.17, 15) is 24.3 Å². The molecule has 10 nitrogen and oxygen atoms in total. The topological polar surface area (TPSA) is 145 Å². The first-order valence-corrected chi connectivity index (χ1v) is 18.0. The predicted octanol–water partition coefficient (Wildman–Crippen LogP) is 7.79. The number of hydrogen-bond donors (Lipinski definition) is 4. The van der Waals surface area contributed by atoms with Gasteiger partial charge in [-0.1, -0.05) is 97.1 Å². The Morgan fingerprint density at radius 2 is 1.50 bits per heavy atom. The standard InChI is InChI=1S/C44H45N3O7/c48-41(23-24-42(49)50)45-25-7-6-20-40(44(52)53)47(30-34-14-9-19-39(28-34)54-31-33-11-2-1-3-12-33)26-10-15-32-13-8-18-38(27-32)46-43(51)37-22-21-35-16-4-5-17-36(35)29-37/h1-5,8-19,21-22,27-29,40H,6-7,20,23-26,30-31H2,(H,45,48)(H,46,51)(H,49,50)(H,52,53)/b15-10+/t40-/m0/s1. The van der Waals surface area contributed by atoms with Gasteiger partial charge in [0.15, 0.2) is 0 Å². The van der Waals surface area contributed by atoms with Crippen molar-refractivity contribution in [2.75, 3.05) is 18.4 Å². The molecule has 0 saturated carbocycles. The third-order valence-electron chi connectivity index (χ3n) is 8.86. The number of ether oxygens (including phenoxy) is 1. The minimum atomic E-state index is -1.03. The number of carbonyl (C=O) groups is 4. The molecule has 0 aliphatic rings. The van der Waals surface area contributed by atoms with Gasteiger partial charge < -0.3 is 25.6 Å². The maximum Gasteiger partial charge on any atom is 0.320 e. The summed E-state index contributed by atoms with van der Waals surface area (Å²) in [5.74, 6) is -1.87. The fraction of sp³-hybridized carbons (Fsp3) is 0.227. The second kappa shape index (κ2) is 20.1. The monoisotopic (exact) mass is 727 g/mol. The van der Waals surface area contributed by atoms with Crippen LogP contribution in [-0.4, -0.2) is 58.0 Å². The zero-order valence-electron chi connectivity index (χ0n) is 30.0. The van der Waals surface area contributed by atoms with Gasteiger partial charge in [-0.15, -0.1) is 0 Å². The van der Waals surface area contributed by atoms with E-state index in [0.717, 1.165) is 27.5 Å². The first-order chi connectivity index (χ1) is 26.2. The van der Waals surface area contributed by atoms with E-state index >= 15 is 0 Å². The number of nitrogens with zero attached hydrogens (tertiary/aromatic N) is 1. The smallest absolute Gasteiger partial charge is 0.320 e. The predicted molar refractivity (Wildman–Crippen MR) is 210 cm³/mol. The van der Waals surface area contributed by atoms with E-state index in [1.807, 2.05) is 132 Å². The van der Waals surface area contributed by atoms with Crippen LogP contribution in [0.4, 0.5) is 5.69 Å². The van der Waals surface area contributed by atoms with E-state index in [0.29, 0.717) is 62.5 Å².